The average Bonchev–Trinajstić information content (AvgIpc) is 2.06. The quantitative estimate of drug-likeness (QED) is 0.806. The molecule has 1 aromatic heterocycles. The molecule has 5 nitrogen and oxygen atoms in total. The molecule has 82 valence electrons. The predicted molar refractivity (Wildman–Crippen MR) is 66.1 cm³/mol. The highest BCUT2D eigenvalue weighted by molar-refractivity contribution is 9.10. The standard InChI is InChI=1S/C7H8BrN3O2S2/c8-5-2-1-3-10-7(5)11-15(12,13)4-6(9)14/h1-3H,4H2,(H2,9,14)(H,10,11). The fraction of sp³-hybridized carbons (Fsp3) is 0.143. The number of aromatic nitrogens is 1. The Kier molecular flexibility index (Phi) is 4.00. The second-order valence-electron chi connectivity index (χ2n) is 2.66. The third kappa shape index (κ3) is 4.10. The summed E-state index contributed by atoms with van der Waals surface area (Å²) in [5.41, 5.74) is 5.15. The van der Waals surface area contributed by atoms with Crippen molar-refractivity contribution < 1.29 is 8.42 Å². The Morgan fingerprint density at radius 2 is 2.33 bits per heavy atom. The van der Waals surface area contributed by atoms with Crippen LogP contribution in [0.4, 0.5) is 5.82 Å². The molecule has 0 bridgehead atoms. The second kappa shape index (κ2) is 4.86. The lowest BCUT2D eigenvalue weighted by Gasteiger charge is -2.07. The topological polar surface area (TPSA) is 85.1 Å². The number of sulfonamides is 1. The van der Waals surface area contributed by atoms with Gasteiger partial charge in [0.05, 0.1) is 9.46 Å². The van der Waals surface area contributed by atoms with E-state index in [-0.39, 0.29) is 10.8 Å². The van der Waals surface area contributed by atoms with Crippen molar-refractivity contribution in [1.29, 1.82) is 0 Å². The zero-order valence-electron chi connectivity index (χ0n) is 7.47. The molecule has 0 aliphatic heterocycles. The molecular formula is C7H8BrN3O2S2. The Labute approximate surface area is 101 Å². The number of halogens is 1. The van der Waals surface area contributed by atoms with E-state index in [1.807, 2.05) is 0 Å². The molecule has 3 N–H and O–H groups in total. The van der Waals surface area contributed by atoms with Crippen molar-refractivity contribution >= 4 is 49.0 Å². The van der Waals surface area contributed by atoms with Crippen molar-refractivity contribution in [1.82, 2.24) is 4.98 Å². The van der Waals surface area contributed by atoms with Crippen molar-refractivity contribution in [3.05, 3.63) is 22.8 Å². The van der Waals surface area contributed by atoms with Crippen LogP contribution in [0.2, 0.25) is 0 Å². The Morgan fingerprint density at radius 3 is 2.87 bits per heavy atom. The summed E-state index contributed by atoms with van der Waals surface area (Å²) in [5.74, 6) is -0.181. The van der Waals surface area contributed by atoms with Crippen LogP contribution >= 0.6 is 28.1 Å². The van der Waals surface area contributed by atoms with Gasteiger partial charge in [0.25, 0.3) is 0 Å². The van der Waals surface area contributed by atoms with E-state index in [0.717, 1.165) is 0 Å². The van der Waals surface area contributed by atoms with Gasteiger partial charge in [-0.25, -0.2) is 13.4 Å². The van der Waals surface area contributed by atoms with E-state index < -0.39 is 15.8 Å². The van der Waals surface area contributed by atoms with E-state index in [4.69, 9.17) is 5.73 Å². The summed E-state index contributed by atoms with van der Waals surface area (Å²) >= 11 is 7.68. The molecule has 1 rings (SSSR count). The van der Waals surface area contributed by atoms with Crippen molar-refractivity contribution in [2.24, 2.45) is 5.73 Å². The van der Waals surface area contributed by atoms with Crippen LogP contribution in [0.5, 0.6) is 0 Å². The Hall–Kier alpha value is -0.730. The Bertz CT molecular complexity index is 475. The highest BCUT2D eigenvalue weighted by Gasteiger charge is 2.13. The minimum atomic E-state index is -3.57. The van der Waals surface area contributed by atoms with Crippen molar-refractivity contribution in [3.63, 3.8) is 0 Å². The highest BCUT2D eigenvalue weighted by Crippen LogP contribution is 2.19. The lowest BCUT2D eigenvalue weighted by atomic mass is 10.5. The molecule has 0 aliphatic rings. The summed E-state index contributed by atoms with van der Waals surface area (Å²) in [5, 5.41) is 0. The minimum absolute atomic E-state index is 0.0884. The molecule has 0 aromatic carbocycles. The number of rotatable bonds is 4. The summed E-state index contributed by atoms with van der Waals surface area (Å²) in [6, 6.07) is 3.35. The molecule has 0 aliphatic carbocycles. The first kappa shape index (κ1) is 12.3. The van der Waals surface area contributed by atoms with Gasteiger partial charge < -0.3 is 5.73 Å². The molecule has 1 aromatic rings. The van der Waals surface area contributed by atoms with Gasteiger partial charge >= 0.3 is 0 Å². The summed E-state index contributed by atoms with van der Waals surface area (Å²) in [7, 11) is -3.57. The van der Waals surface area contributed by atoms with Gasteiger partial charge in [0.15, 0.2) is 5.82 Å². The van der Waals surface area contributed by atoms with Crippen LogP contribution in [-0.4, -0.2) is 24.1 Å². The molecule has 8 heteroatoms. The number of pyridine rings is 1. The lowest BCUT2D eigenvalue weighted by Crippen LogP contribution is -2.26. The number of hydrogen-bond donors (Lipinski definition) is 2. The molecule has 0 fully saturated rings. The zero-order valence-corrected chi connectivity index (χ0v) is 10.7. The van der Waals surface area contributed by atoms with Crippen LogP contribution in [-0.2, 0) is 10.0 Å². The minimum Gasteiger partial charge on any atom is -0.392 e. The number of nitrogens with two attached hydrogens (primary N) is 1. The van der Waals surface area contributed by atoms with Crippen LogP contribution in [0.15, 0.2) is 22.8 Å². The van der Waals surface area contributed by atoms with Crippen molar-refractivity contribution in [2.75, 3.05) is 10.5 Å². The monoisotopic (exact) mass is 309 g/mol. The van der Waals surface area contributed by atoms with E-state index in [2.05, 4.69) is 37.9 Å². The molecule has 1 heterocycles. The number of nitrogens with zero attached hydrogens (tertiary/aromatic N) is 1. The first-order valence-electron chi connectivity index (χ1n) is 3.80. The van der Waals surface area contributed by atoms with E-state index >= 15 is 0 Å². The van der Waals surface area contributed by atoms with Crippen LogP contribution < -0.4 is 10.5 Å². The molecule has 0 saturated heterocycles. The van der Waals surface area contributed by atoms with Gasteiger partial charge in [-0.3, -0.25) is 4.72 Å². The van der Waals surface area contributed by atoms with E-state index in [1.165, 1.54) is 6.20 Å². The van der Waals surface area contributed by atoms with Gasteiger partial charge in [0.1, 0.15) is 5.75 Å². The molecule has 0 unspecified atom stereocenters. The third-order valence-electron chi connectivity index (χ3n) is 1.34. The predicted octanol–water partition coefficient (Wildman–Crippen LogP) is 0.872. The molecule has 15 heavy (non-hydrogen) atoms. The van der Waals surface area contributed by atoms with Gasteiger partial charge in [-0.15, -0.1) is 0 Å². The largest absolute Gasteiger partial charge is 0.392 e. The first-order valence-corrected chi connectivity index (χ1v) is 6.65. The summed E-state index contributed by atoms with van der Waals surface area (Å²) in [6.45, 7) is 0. The number of anilines is 1. The van der Waals surface area contributed by atoms with Gasteiger partial charge in [-0.1, -0.05) is 12.2 Å². The second-order valence-corrected chi connectivity index (χ2v) is 5.76. The Morgan fingerprint density at radius 1 is 1.67 bits per heavy atom. The van der Waals surface area contributed by atoms with Gasteiger partial charge in [-0.05, 0) is 28.1 Å². The van der Waals surface area contributed by atoms with Crippen LogP contribution in [0.25, 0.3) is 0 Å². The molecule has 0 atom stereocenters. The zero-order chi connectivity index (χ0) is 11.5. The lowest BCUT2D eigenvalue weighted by molar-refractivity contribution is 0.604. The van der Waals surface area contributed by atoms with Crippen LogP contribution in [0.1, 0.15) is 0 Å². The maximum absolute atomic E-state index is 11.4. The van der Waals surface area contributed by atoms with E-state index in [1.54, 1.807) is 12.1 Å². The summed E-state index contributed by atoms with van der Waals surface area (Å²) in [4.78, 5) is 3.76. The molecule has 0 radical (unpaired) electrons. The van der Waals surface area contributed by atoms with Crippen LogP contribution in [0, 0.1) is 0 Å². The number of hydrogen-bond acceptors (Lipinski definition) is 4. The van der Waals surface area contributed by atoms with Crippen molar-refractivity contribution in [3.8, 4) is 0 Å². The molecular weight excluding hydrogens is 302 g/mol. The highest BCUT2D eigenvalue weighted by atomic mass is 79.9. The maximum atomic E-state index is 11.4. The summed E-state index contributed by atoms with van der Waals surface area (Å²) in [6.07, 6.45) is 1.48. The number of nitrogens with one attached hydrogen (secondary N) is 1. The summed E-state index contributed by atoms with van der Waals surface area (Å²) < 4.78 is 25.7. The average molecular weight is 310 g/mol. The molecule has 0 spiro atoms. The fourth-order valence-electron chi connectivity index (χ4n) is 0.831. The maximum Gasteiger partial charge on any atom is 0.240 e. The third-order valence-corrected chi connectivity index (χ3v) is 3.51. The van der Waals surface area contributed by atoms with E-state index in [9.17, 15) is 8.42 Å². The van der Waals surface area contributed by atoms with Crippen molar-refractivity contribution in [2.45, 2.75) is 0 Å². The molecule has 0 saturated carbocycles. The Balaban J connectivity index is 2.87. The fourth-order valence-corrected chi connectivity index (χ4v) is 2.69. The smallest absolute Gasteiger partial charge is 0.240 e. The SMILES string of the molecule is NC(=S)CS(=O)(=O)Nc1ncccc1Br. The normalized spacial score (nSPS) is 11.0. The first-order chi connectivity index (χ1) is 6.91. The van der Waals surface area contributed by atoms with Gasteiger partial charge in [0.2, 0.25) is 10.0 Å². The van der Waals surface area contributed by atoms with Gasteiger partial charge in [-0.2, -0.15) is 0 Å². The van der Waals surface area contributed by atoms with Crippen LogP contribution in [0.3, 0.4) is 0 Å². The molecule has 0 amide bonds. The number of thiocarbonyl (C=S) groups is 1. The van der Waals surface area contributed by atoms with E-state index in [0.29, 0.717) is 4.47 Å². The van der Waals surface area contributed by atoms with Gasteiger partial charge in [0, 0.05) is 6.20 Å².